The van der Waals surface area contributed by atoms with E-state index >= 15 is 0 Å². The Hall–Kier alpha value is -4.93. The Labute approximate surface area is 294 Å². The molecule has 2 aliphatic heterocycles. The molecule has 2 fully saturated rings. The first-order valence-electron chi connectivity index (χ1n) is 17.6. The van der Waals surface area contributed by atoms with Crippen LogP contribution >= 0.6 is 0 Å². The number of nitrogens with zero attached hydrogens (tertiary/aromatic N) is 4. The standard InChI is InChI=1S/C39H49N7O4/c1-21(2)35(44-39(49)50-8)38(48)46-25(6)23(4)18-34(46)37-41-20-32(43-37)30-15-11-28(12-16-30)27-9-13-29(14-10-27)31-19-40-36(42-31)33-17-22(3)24(5)45(33)26(7)47/h9-16,19-25,33-35H,17-18H2,1-8H3,(H,40,42)(H,41,43)(H,44,49)/t22-,23-,24-,25-,33+,34+,35+/m1/s1. The molecule has 2 aromatic heterocycles. The number of hydrogen-bond acceptors (Lipinski definition) is 6. The summed E-state index contributed by atoms with van der Waals surface area (Å²) in [5.41, 5.74) is 6.01. The van der Waals surface area contributed by atoms with Crippen molar-refractivity contribution in [3.05, 3.63) is 72.6 Å². The number of hydrogen-bond donors (Lipinski definition) is 3. The summed E-state index contributed by atoms with van der Waals surface area (Å²) in [5, 5.41) is 2.73. The topological polar surface area (TPSA) is 136 Å². The molecule has 11 heteroatoms. The van der Waals surface area contributed by atoms with Gasteiger partial charge in [0.2, 0.25) is 11.8 Å². The Balaban J connectivity index is 1.15. The number of alkyl carbamates (subject to hydrolysis) is 1. The van der Waals surface area contributed by atoms with Gasteiger partial charge in [-0.3, -0.25) is 9.59 Å². The quantitative estimate of drug-likeness (QED) is 0.181. The maximum absolute atomic E-state index is 13.8. The maximum Gasteiger partial charge on any atom is 0.407 e. The number of aromatic amines is 2. The predicted molar refractivity (Wildman–Crippen MR) is 193 cm³/mol. The first-order chi connectivity index (χ1) is 23.9. The number of carbonyl (C=O) groups is 3. The lowest BCUT2D eigenvalue weighted by Gasteiger charge is -2.33. The van der Waals surface area contributed by atoms with E-state index in [4.69, 9.17) is 9.72 Å². The minimum absolute atomic E-state index is 0.0141. The summed E-state index contributed by atoms with van der Waals surface area (Å²) in [6.45, 7) is 14.0. The van der Waals surface area contributed by atoms with E-state index in [1.807, 2.05) is 36.0 Å². The van der Waals surface area contributed by atoms with Gasteiger partial charge >= 0.3 is 6.09 Å². The summed E-state index contributed by atoms with van der Waals surface area (Å²) in [6.07, 6.45) is 4.73. The molecule has 11 nitrogen and oxygen atoms in total. The molecule has 50 heavy (non-hydrogen) atoms. The Morgan fingerprint density at radius 1 is 0.740 bits per heavy atom. The van der Waals surface area contributed by atoms with Crippen LogP contribution in [0, 0.1) is 17.8 Å². The molecule has 2 saturated heterocycles. The Morgan fingerprint density at radius 2 is 1.16 bits per heavy atom. The van der Waals surface area contributed by atoms with Crippen LogP contribution in [0.4, 0.5) is 4.79 Å². The summed E-state index contributed by atoms with van der Waals surface area (Å²) >= 11 is 0. The van der Waals surface area contributed by atoms with Crippen LogP contribution in [0.2, 0.25) is 0 Å². The van der Waals surface area contributed by atoms with Gasteiger partial charge in [0.1, 0.15) is 17.7 Å². The highest BCUT2D eigenvalue weighted by atomic mass is 16.5. The highest BCUT2D eigenvalue weighted by Gasteiger charge is 2.44. The van der Waals surface area contributed by atoms with Crippen molar-refractivity contribution in [2.45, 2.75) is 91.5 Å². The summed E-state index contributed by atoms with van der Waals surface area (Å²) in [6, 6.07) is 15.9. The van der Waals surface area contributed by atoms with Gasteiger partial charge < -0.3 is 29.8 Å². The molecule has 6 rings (SSSR count). The van der Waals surface area contributed by atoms with Gasteiger partial charge in [-0.05, 0) is 66.7 Å². The molecular formula is C39H49N7O4. The first-order valence-corrected chi connectivity index (χ1v) is 17.6. The van der Waals surface area contributed by atoms with Gasteiger partial charge in [-0.2, -0.15) is 0 Å². The fraction of sp³-hybridized carbons (Fsp3) is 0.462. The molecule has 3 amide bonds. The average molecular weight is 680 g/mol. The lowest BCUT2D eigenvalue weighted by Crippen LogP contribution is -2.53. The number of nitrogens with one attached hydrogen (secondary N) is 3. The fourth-order valence-electron chi connectivity index (χ4n) is 7.64. The number of imidazole rings is 2. The van der Waals surface area contributed by atoms with Crippen LogP contribution in [0.25, 0.3) is 33.6 Å². The third kappa shape index (κ3) is 6.65. The molecule has 0 radical (unpaired) electrons. The van der Waals surface area contributed by atoms with E-state index in [1.54, 1.807) is 6.92 Å². The molecule has 7 atom stereocenters. The number of rotatable bonds is 8. The van der Waals surface area contributed by atoms with E-state index < -0.39 is 12.1 Å². The summed E-state index contributed by atoms with van der Waals surface area (Å²) in [7, 11) is 1.30. The van der Waals surface area contributed by atoms with Crippen LogP contribution in [0.1, 0.15) is 85.0 Å². The van der Waals surface area contributed by atoms with E-state index in [2.05, 4.69) is 96.5 Å². The van der Waals surface area contributed by atoms with Crippen LogP contribution in [-0.4, -0.2) is 72.9 Å². The van der Waals surface area contributed by atoms with E-state index in [-0.39, 0.29) is 47.8 Å². The van der Waals surface area contributed by atoms with Crippen molar-refractivity contribution in [1.29, 1.82) is 0 Å². The largest absolute Gasteiger partial charge is 0.453 e. The molecule has 3 N–H and O–H groups in total. The lowest BCUT2D eigenvalue weighted by molar-refractivity contribution is -0.137. The van der Waals surface area contributed by atoms with Crippen molar-refractivity contribution in [2.75, 3.05) is 7.11 Å². The van der Waals surface area contributed by atoms with Crippen LogP contribution < -0.4 is 5.32 Å². The number of amides is 3. The number of benzene rings is 2. The SMILES string of the molecule is COC(=O)N[C@H](C(=O)N1[C@H](C)[C@H](C)C[C@H]1c1ncc(-c2ccc(-c3ccc(-c4cnc([C@@H]5C[C@@H](C)[C@@H](C)N5C(C)=O)[nH]4)cc3)cc2)[nH]1)C(C)C. The maximum atomic E-state index is 13.8. The van der Waals surface area contributed by atoms with Gasteiger partial charge in [0.05, 0.1) is 43.0 Å². The zero-order chi connectivity index (χ0) is 35.9. The molecule has 0 saturated carbocycles. The Kier molecular flexibility index (Phi) is 9.87. The molecular weight excluding hydrogens is 630 g/mol. The zero-order valence-corrected chi connectivity index (χ0v) is 30.2. The number of likely N-dealkylation sites (tertiary alicyclic amines) is 2. The second-order valence-corrected chi connectivity index (χ2v) is 14.5. The minimum Gasteiger partial charge on any atom is -0.453 e. The molecule has 4 aromatic rings. The Bertz CT molecular complexity index is 1830. The van der Waals surface area contributed by atoms with Crippen molar-refractivity contribution < 1.29 is 19.1 Å². The molecule has 0 unspecified atom stereocenters. The van der Waals surface area contributed by atoms with Gasteiger partial charge in [-0.25, -0.2) is 14.8 Å². The molecule has 0 spiro atoms. The summed E-state index contributed by atoms with van der Waals surface area (Å²) in [4.78, 5) is 58.5. The predicted octanol–water partition coefficient (Wildman–Crippen LogP) is 7.13. The molecule has 0 bridgehead atoms. The van der Waals surface area contributed by atoms with Crippen molar-refractivity contribution in [2.24, 2.45) is 17.8 Å². The van der Waals surface area contributed by atoms with E-state index in [1.165, 1.54) is 7.11 Å². The minimum atomic E-state index is -0.700. The summed E-state index contributed by atoms with van der Waals surface area (Å²) in [5.74, 6) is 2.08. The molecule has 4 heterocycles. The monoisotopic (exact) mass is 679 g/mol. The molecule has 264 valence electrons. The molecule has 0 aliphatic carbocycles. The van der Waals surface area contributed by atoms with E-state index in [0.29, 0.717) is 5.92 Å². The highest BCUT2D eigenvalue weighted by molar-refractivity contribution is 5.87. The highest BCUT2D eigenvalue weighted by Crippen LogP contribution is 2.41. The third-order valence-corrected chi connectivity index (χ3v) is 10.9. The number of ether oxygens (including phenoxy) is 1. The molecule has 2 aromatic carbocycles. The van der Waals surface area contributed by atoms with Crippen LogP contribution in [0.15, 0.2) is 60.9 Å². The second-order valence-electron chi connectivity index (χ2n) is 14.5. The number of methoxy groups -OCH3 is 1. The van der Waals surface area contributed by atoms with Crippen molar-refractivity contribution >= 4 is 17.9 Å². The third-order valence-electron chi connectivity index (χ3n) is 10.9. The lowest BCUT2D eigenvalue weighted by atomic mass is 10.0. The first kappa shape index (κ1) is 34.9. The van der Waals surface area contributed by atoms with Crippen molar-refractivity contribution in [3.8, 4) is 33.6 Å². The van der Waals surface area contributed by atoms with Crippen LogP contribution in [0.3, 0.4) is 0 Å². The van der Waals surface area contributed by atoms with E-state index in [0.717, 1.165) is 58.1 Å². The average Bonchev–Trinajstić information content (AvgIpc) is 3.90. The molecule has 2 aliphatic rings. The van der Waals surface area contributed by atoms with Crippen molar-refractivity contribution in [1.82, 2.24) is 35.1 Å². The number of carbonyl (C=O) groups excluding carboxylic acids is 3. The Morgan fingerprint density at radius 3 is 1.58 bits per heavy atom. The van der Waals surface area contributed by atoms with Crippen LogP contribution in [0.5, 0.6) is 0 Å². The smallest absolute Gasteiger partial charge is 0.407 e. The van der Waals surface area contributed by atoms with E-state index in [9.17, 15) is 14.4 Å². The van der Waals surface area contributed by atoms with Gasteiger partial charge in [0.15, 0.2) is 0 Å². The second kappa shape index (κ2) is 14.1. The van der Waals surface area contributed by atoms with Gasteiger partial charge in [0.25, 0.3) is 0 Å². The van der Waals surface area contributed by atoms with Crippen molar-refractivity contribution in [3.63, 3.8) is 0 Å². The number of aromatic nitrogens is 4. The summed E-state index contributed by atoms with van der Waals surface area (Å²) < 4.78 is 4.79. The zero-order valence-electron chi connectivity index (χ0n) is 30.2. The van der Waals surface area contributed by atoms with Gasteiger partial charge in [-0.15, -0.1) is 0 Å². The van der Waals surface area contributed by atoms with Gasteiger partial charge in [0, 0.05) is 19.0 Å². The fourth-order valence-corrected chi connectivity index (χ4v) is 7.64. The number of H-pyrrole nitrogens is 2. The van der Waals surface area contributed by atoms with Crippen LogP contribution in [-0.2, 0) is 14.3 Å². The normalized spacial score (nSPS) is 24.1. The van der Waals surface area contributed by atoms with Gasteiger partial charge in [-0.1, -0.05) is 76.2 Å².